The highest BCUT2D eigenvalue weighted by Gasteiger charge is 2.48. The van der Waals surface area contributed by atoms with Crippen LogP contribution in [0.1, 0.15) is 125 Å². The van der Waals surface area contributed by atoms with E-state index >= 15 is 0 Å². The molecule has 0 atom stereocenters. The van der Waals surface area contributed by atoms with Gasteiger partial charge in [-0.25, -0.2) is 0 Å². The van der Waals surface area contributed by atoms with Crippen molar-refractivity contribution in [3.63, 3.8) is 0 Å². The molecule has 390 valence electrons. The van der Waals surface area contributed by atoms with Crippen molar-refractivity contribution in [1.29, 1.82) is 0 Å². The number of pyridine rings is 3. The first-order valence-corrected chi connectivity index (χ1v) is 28.6. The summed E-state index contributed by atoms with van der Waals surface area (Å²) in [5.74, 6) is 0. The molecule has 0 bridgehead atoms. The Morgan fingerprint density at radius 1 is 0.333 bits per heavy atom. The van der Waals surface area contributed by atoms with Gasteiger partial charge in [-0.15, -0.1) is 0 Å². The molecule has 3 nitrogen and oxygen atoms in total. The van der Waals surface area contributed by atoms with E-state index in [1.54, 1.807) is 0 Å². The fourth-order valence-electron chi connectivity index (χ4n) is 15.6. The molecule has 3 aromatic heterocycles. The Morgan fingerprint density at radius 2 is 0.756 bits per heavy atom. The van der Waals surface area contributed by atoms with Crippen LogP contribution in [-0.2, 0) is 32.9 Å². The summed E-state index contributed by atoms with van der Waals surface area (Å²) in [6, 6.07) is 71.6. The molecule has 6 heterocycles. The predicted octanol–water partition coefficient (Wildman–Crippen LogP) is 18.2. The van der Waals surface area contributed by atoms with Gasteiger partial charge in [-0.1, -0.05) is 175 Å². The SMILES string of the molecule is CC1(C)CC(C)(C)[n+]2c(ccc3ccccc32)-c2c1ccc1ccccc21.CC1(C)CC(C)(C)[n+]2ccc3ccccc3c2-c2ccccc21.Cc1cc2[n+](c3ccccc13)C(C)(C)CC(C)(C)c1ccc3ccccc3c1-2. The largest absolute Gasteiger partial charge is 0.221 e. The number of para-hydroxylation sites is 2. The van der Waals surface area contributed by atoms with Gasteiger partial charge in [-0.05, 0) is 103 Å². The van der Waals surface area contributed by atoms with Gasteiger partial charge in [-0.3, -0.25) is 0 Å². The van der Waals surface area contributed by atoms with Crippen LogP contribution in [0.25, 0.3) is 87.9 Å². The van der Waals surface area contributed by atoms with Gasteiger partial charge in [0.05, 0.1) is 22.1 Å². The molecular formula is C75H78N3+3. The zero-order valence-corrected chi connectivity index (χ0v) is 48.5. The standard InChI is InChI=1S/C27H28N.C26H26N.C22H24N/c1-18-16-24-25-21-12-7-6-10-19(21)14-15-22(25)26(2,3)17-27(4,5)28(24)23-13-9-8-11-20(18)23;1-25(2)17-26(3,4)27-22-12-8-6-10-19(22)14-16-23(27)24-20-11-7-5-9-18(20)13-15-21(24)25;1-21(2)15-22(3,4)23-14-13-16-9-5-6-10-17(16)20(23)18-11-7-8-12-19(18)21/h6-16H,17H2,1-5H3;5-16H,17H2,1-4H3;5-14H,15H2,1-4H3/q3*+1. The number of nitrogens with zero attached hydrogens (tertiary/aromatic N) is 3. The zero-order valence-electron chi connectivity index (χ0n) is 48.5. The summed E-state index contributed by atoms with van der Waals surface area (Å²) in [6.07, 6.45) is 5.58. The molecule has 0 spiro atoms. The van der Waals surface area contributed by atoms with E-state index in [0.29, 0.717) is 0 Å². The summed E-state index contributed by atoms with van der Waals surface area (Å²) in [4.78, 5) is 0. The van der Waals surface area contributed by atoms with Crippen LogP contribution in [0, 0.1) is 6.92 Å². The van der Waals surface area contributed by atoms with Crippen LogP contribution in [0.15, 0.2) is 200 Å². The predicted molar refractivity (Wildman–Crippen MR) is 329 cm³/mol. The minimum atomic E-state index is 0.00621. The Balaban J connectivity index is 0.000000118. The van der Waals surface area contributed by atoms with Crippen LogP contribution in [0.3, 0.4) is 0 Å². The van der Waals surface area contributed by atoms with Gasteiger partial charge < -0.3 is 0 Å². The summed E-state index contributed by atoms with van der Waals surface area (Å²) in [5, 5.41) is 10.6. The molecule has 11 aromatic rings. The van der Waals surface area contributed by atoms with E-state index in [1.165, 1.54) is 110 Å². The molecule has 0 unspecified atom stereocenters. The molecule has 3 aliphatic rings. The van der Waals surface area contributed by atoms with Crippen molar-refractivity contribution in [1.82, 2.24) is 0 Å². The number of hydrogen-bond acceptors (Lipinski definition) is 0. The molecular weight excluding hydrogens is 943 g/mol. The van der Waals surface area contributed by atoms with Crippen LogP contribution in [-0.4, -0.2) is 0 Å². The molecule has 3 aliphatic heterocycles. The summed E-state index contributed by atoms with van der Waals surface area (Å²) in [7, 11) is 0. The number of rotatable bonds is 0. The number of aryl methyl sites for hydroxylation is 1. The van der Waals surface area contributed by atoms with E-state index in [9.17, 15) is 0 Å². The third kappa shape index (κ3) is 8.43. The third-order valence-electron chi connectivity index (χ3n) is 18.1. The summed E-state index contributed by atoms with van der Waals surface area (Å²) >= 11 is 0. The quantitative estimate of drug-likeness (QED) is 0.134. The molecule has 0 saturated carbocycles. The Labute approximate surface area is 463 Å². The van der Waals surface area contributed by atoms with Gasteiger partial charge in [0.1, 0.15) is 0 Å². The van der Waals surface area contributed by atoms with Crippen LogP contribution < -0.4 is 13.7 Å². The van der Waals surface area contributed by atoms with Crippen LogP contribution >= 0.6 is 0 Å². The molecule has 8 aromatic carbocycles. The van der Waals surface area contributed by atoms with Gasteiger partial charge in [0, 0.05) is 102 Å². The lowest BCUT2D eigenvalue weighted by Gasteiger charge is -2.30. The van der Waals surface area contributed by atoms with E-state index in [2.05, 4.69) is 304 Å². The first-order chi connectivity index (χ1) is 37.1. The lowest BCUT2D eigenvalue weighted by Crippen LogP contribution is -2.55. The monoisotopic (exact) mass is 1020 g/mol. The Kier molecular flexibility index (Phi) is 12.0. The molecule has 3 heteroatoms. The highest BCUT2D eigenvalue weighted by molar-refractivity contribution is 6.00. The fraction of sp³-hybridized carbons (Fsp3) is 0.293. The number of fused-ring (bicyclic) bond motifs is 19. The topological polar surface area (TPSA) is 11.6 Å². The van der Waals surface area contributed by atoms with Crippen LogP contribution in [0.2, 0.25) is 0 Å². The third-order valence-corrected chi connectivity index (χ3v) is 18.1. The van der Waals surface area contributed by atoms with Gasteiger partial charge >= 0.3 is 0 Å². The van der Waals surface area contributed by atoms with Crippen molar-refractivity contribution in [2.24, 2.45) is 0 Å². The normalized spacial score (nSPS) is 17.5. The molecule has 0 amide bonds. The maximum Gasteiger partial charge on any atom is 0.221 e. The highest BCUT2D eigenvalue weighted by atomic mass is 15.1. The van der Waals surface area contributed by atoms with Crippen molar-refractivity contribution in [2.45, 2.75) is 142 Å². The van der Waals surface area contributed by atoms with Crippen molar-refractivity contribution in [2.75, 3.05) is 0 Å². The van der Waals surface area contributed by atoms with Crippen molar-refractivity contribution in [3.8, 4) is 33.8 Å². The zero-order chi connectivity index (χ0) is 54.7. The molecule has 14 rings (SSSR count). The minimum absolute atomic E-state index is 0.00621. The number of aromatic nitrogens is 3. The molecule has 0 fully saturated rings. The first-order valence-electron chi connectivity index (χ1n) is 28.6. The summed E-state index contributed by atoms with van der Waals surface area (Å²) in [5.41, 5.74) is 17.0. The van der Waals surface area contributed by atoms with Crippen molar-refractivity contribution < 1.29 is 13.7 Å². The average molecular weight is 1020 g/mol. The van der Waals surface area contributed by atoms with Crippen LogP contribution in [0.5, 0.6) is 0 Å². The minimum Gasteiger partial charge on any atom is -0.193 e. The number of hydrogen-bond donors (Lipinski definition) is 0. The maximum atomic E-state index is 2.61. The molecule has 0 saturated heterocycles. The second kappa shape index (κ2) is 18.3. The fourth-order valence-corrected chi connectivity index (χ4v) is 15.6. The molecule has 0 N–H and O–H groups in total. The lowest BCUT2D eigenvalue weighted by molar-refractivity contribution is -0.748. The Morgan fingerprint density at radius 3 is 1.36 bits per heavy atom. The Bertz CT molecular complexity index is 4200. The van der Waals surface area contributed by atoms with E-state index in [1.807, 2.05) is 0 Å². The summed E-state index contributed by atoms with van der Waals surface area (Å²) < 4.78 is 7.68. The maximum absolute atomic E-state index is 2.61. The van der Waals surface area contributed by atoms with E-state index < -0.39 is 0 Å². The second-order valence-electron chi connectivity index (χ2n) is 26.9. The smallest absolute Gasteiger partial charge is 0.193 e. The molecule has 0 radical (unpaired) electrons. The van der Waals surface area contributed by atoms with Crippen molar-refractivity contribution in [3.05, 3.63) is 223 Å². The number of benzene rings is 8. The van der Waals surface area contributed by atoms with Crippen molar-refractivity contribution >= 4 is 54.1 Å². The Hall–Kier alpha value is -7.49. The lowest BCUT2D eigenvalue weighted by atomic mass is 9.74. The van der Waals surface area contributed by atoms with E-state index in [0.717, 1.165) is 19.3 Å². The van der Waals surface area contributed by atoms with Crippen LogP contribution in [0.4, 0.5) is 0 Å². The van der Waals surface area contributed by atoms with Gasteiger partial charge in [-0.2, -0.15) is 13.7 Å². The highest BCUT2D eigenvalue weighted by Crippen LogP contribution is 2.48. The van der Waals surface area contributed by atoms with E-state index in [-0.39, 0.29) is 32.9 Å². The second-order valence-corrected chi connectivity index (χ2v) is 26.9. The van der Waals surface area contributed by atoms with E-state index in [4.69, 9.17) is 0 Å². The first kappa shape index (κ1) is 51.3. The van der Waals surface area contributed by atoms with Gasteiger partial charge in [0.2, 0.25) is 28.1 Å². The summed E-state index contributed by atoms with van der Waals surface area (Å²) in [6.45, 7) is 30.9. The molecule has 0 aliphatic carbocycles. The molecule has 78 heavy (non-hydrogen) atoms. The van der Waals surface area contributed by atoms with Gasteiger partial charge in [0.25, 0.3) is 0 Å². The van der Waals surface area contributed by atoms with Gasteiger partial charge in [0.15, 0.2) is 22.8 Å². The average Bonchev–Trinajstić information content (AvgIpc) is 3.57.